The highest BCUT2D eigenvalue weighted by Crippen LogP contribution is 2.36. The predicted octanol–water partition coefficient (Wildman–Crippen LogP) is 8.76. The summed E-state index contributed by atoms with van der Waals surface area (Å²) in [5.41, 5.74) is 6.04. The van der Waals surface area contributed by atoms with Crippen LogP contribution in [-0.2, 0) is 0 Å². The van der Waals surface area contributed by atoms with E-state index in [1.165, 1.54) is 0 Å². The monoisotopic (exact) mass is 536 g/mol. The molecule has 3 heterocycles. The van der Waals surface area contributed by atoms with Gasteiger partial charge in [0.15, 0.2) is 11.5 Å². The van der Waals surface area contributed by atoms with Crippen molar-refractivity contribution in [2.45, 2.75) is 0 Å². The maximum absolute atomic E-state index is 9.61. The third-order valence-electron chi connectivity index (χ3n) is 7.78. The third-order valence-corrected chi connectivity index (χ3v) is 7.78. The molecule has 0 fully saturated rings. The quantitative estimate of drug-likeness (QED) is 0.212. The lowest BCUT2D eigenvalue weighted by molar-refractivity contribution is 0.994. The molecule has 8 aromatic rings. The average molecular weight is 537 g/mol. The van der Waals surface area contributed by atoms with Crippen LogP contribution in [0.25, 0.3) is 71.5 Å². The predicted molar refractivity (Wildman–Crippen MR) is 167 cm³/mol. The second-order valence-corrected chi connectivity index (χ2v) is 10.1. The number of nitriles is 1. The number of hydrogen-bond acceptors (Lipinski definition) is 3. The van der Waals surface area contributed by atoms with Crippen LogP contribution >= 0.6 is 0 Å². The molecule has 0 radical (unpaired) electrons. The molecule has 0 N–H and O–H groups in total. The first kappa shape index (κ1) is 23.6. The second kappa shape index (κ2) is 9.16. The van der Waals surface area contributed by atoms with E-state index in [4.69, 9.17) is 16.5 Å². The molecule has 0 spiro atoms. The topological polar surface area (TPSA) is 63.8 Å². The smallest absolute Gasteiger partial charge is 0.188 e. The van der Waals surface area contributed by atoms with Crippen LogP contribution in [0.1, 0.15) is 5.56 Å². The average Bonchev–Trinajstić information content (AvgIpc) is 3.57. The molecule has 3 aromatic heterocycles. The van der Waals surface area contributed by atoms with E-state index in [-0.39, 0.29) is 0 Å². The number of aromatic nitrogens is 4. The standard InChI is InChI=1S/C36H20N6/c1-38-25-16-18-33-29(20-25)27-12-6-8-14-31(27)42(33)35-21-34(39-36(40-35)24-9-3-2-4-10-24)41-30-13-7-5-11-26(30)28-19-23(22-37)15-17-32(28)41/h2-21H. The first-order valence-electron chi connectivity index (χ1n) is 13.5. The van der Waals surface area contributed by atoms with Crippen LogP contribution in [0.15, 0.2) is 121 Å². The fourth-order valence-electron chi connectivity index (χ4n) is 5.93. The fraction of sp³-hybridized carbons (Fsp3) is 0. The maximum atomic E-state index is 9.61. The van der Waals surface area contributed by atoms with Gasteiger partial charge < -0.3 is 0 Å². The Hall–Kier alpha value is -6.24. The molecule has 0 saturated carbocycles. The summed E-state index contributed by atoms with van der Waals surface area (Å²) in [4.78, 5) is 13.9. The van der Waals surface area contributed by atoms with Crippen molar-refractivity contribution in [1.29, 1.82) is 5.26 Å². The van der Waals surface area contributed by atoms with Gasteiger partial charge in [-0.25, -0.2) is 14.8 Å². The van der Waals surface area contributed by atoms with Crippen LogP contribution in [0.3, 0.4) is 0 Å². The van der Waals surface area contributed by atoms with Gasteiger partial charge in [-0.05, 0) is 47.9 Å². The summed E-state index contributed by atoms with van der Waals surface area (Å²) in [7, 11) is 0. The molecular formula is C36H20N6. The van der Waals surface area contributed by atoms with Crippen molar-refractivity contribution >= 4 is 49.3 Å². The minimum atomic E-state index is 0.598. The fourth-order valence-corrected chi connectivity index (χ4v) is 5.93. The zero-order valence-corrected chi connectivity index (χ0v) is 22.2. The Morgan fingerprint density at radius 1 is 0.571 bits per heavy atom. The molecule has 0 amide bonds. The zero-order valence-electron chi connectivity index (χ0n) is 22.2. The number of benzene rings is 5. The minimum Gasteiger partial charge on any atom is -0.294 e. The molecule has 194 valence electrons. The van der Waals surface area contributed by atoms with Gasteiger partial charge in [0.1, 0.15) is 11.6 Å². The largest absolute Gasteiger partial charge is 0.294 e. The van der Waals surface area contributed by atoms with Gasteiger partial charge in [-0.2, -0.15) is 5.26 Å². The van der Waals surface area contributed by atoms with Gasteiger partial charge in [-0.1, -0.05) is 72.8 Å². The van der Waals surface area contributed by atoms with E-state index < -0.39 is 0 Å². The molecule has 0 aliphatic heterocycles. The molecule has 42 heavy (non-hydrogen) atoms. The van der Waals surface area contributed by atoms with E-state index in [2.05, 4.69) is 44.3 Å². The highest BCUT2D eigenvalue weighted by molar-refractivity contribution is 6.11. The number of hydrogen-bond donors (Lipinski definition) is 0. The van der Waals surface area contributed by atoms with Crippen molar-refractivity contribution in [3.05, 3.63) is 138 Å². The number of rotatable bonds is 3. The number of para-hydroxylation sites is 2. The van der Waals surface area contributed by atoms with Crippen molar-refractivity contribution < 1.29 is 0 Å². The van der Waals surface area contributed by atoms with Gasteiger partial charge in [-0.15, -0.1) is 0 Å². The van der Waals surface area contributed by atoms with Gasteiger partial charge in [0.2, 0.25) is 0 Å². The summed E-state index contributed by atoms with van der Waals surface area (Å²) in [6, 6.07) is 42.3. The highest BCUT2D eigenvalue weighted by Gasteiger charge is 2.19. The van der Waals surface area contributed by atoms with E-state index in [1.807, 2.05) is 97.1 Å². The summed E-state index contributed by atoms with van der Waals surface area (Å²) >= 11 is 0. The summed E-state index contributed by atoms with van der Waals surface area (Å²) in [6.45, 7) is 7.56. The van der Waals surface area contributed by atoms with Gasteiger partial charge in [0, 0.05) is 27.8 Å². The molecule has 0 aliphatic carbocycles. The minimum absolute atomic E-state index is 0.598. The summed E-state index contributed by atoms with van der Waals surface area (Å²) < 4.78 is 4.30. The van der Waals surface area contributed by atoms with Crippen molar-refractivity contribution in [2.24, 2.45) is 0 Å². The van der Waals surface area contributed by atoms with Crippen molar-refractivity contribution in [1.82, 2.24) is 19.1 Å². The van der Waals surface area contributed by atoms with E-state index in [0.717, 1.165) is 60.8 Å². The molecule has 8 rings (SSSR count). The Kier molecular flexibility index (Phi) is 5.15. The molecule has 0 unspecified atom stereocenters. The Morgan fingerprint density at radius 2 is 1.12 bits per heavy atom. The zero-order chi connectivity index (χ0) is 28.2. The second-order valence-electron chi connectivity index (χ2n) is 10.1. The van der Waals surface area contributed by atoms with Crippen LogP contribution in [0.4, 0.5) is 5.69 Å². The SMILES string of the molecule is [C-]#[N+]c1ccc2c(c1)c1ccccc1n2-c1cc(-n2c3ccccc3c3cc(C#N)ccc32)nc(-c2ccccc2)n1. The molecular weight excluding hydrogens is 516 g/mol. The Bertz CT molecular complexity index is 2280. The molecule has 0 atom stereocenters. The van der Waals surface area contributed by atoms with Crippen LogP contribution in [0.5, 0.6) is 0 Å². The summed E-state index contributed by atoms with van der Waals surface area (Å²) in [5, 5.41) is 13.7. The molecule has 0 saturated heterocycles. The van der Waals surface area contributed by atoms with E-state index in [9.17, 15) is 5.26 Å². The third kappa shape index (κ3) is 3.50. The number of fused-ring (bicyclic) bond motifs is 6. The Labute approximate surface area is 240 Å². The molecule has 0 bridgehead atoms. The van der Waals surface area contributed by atoms with Gasteiger partial charge >= 0.3 is 0 Å². The first-order valence-corrected chi connectivity index (χ1v) is 13.5. The van der Waals surface area contributed by atoms with Crippen molar-refractivity contribution in [3.63, 3.8) is 0 Å². The van der Waals surface area contributed by atoms with Gasteiger partial charge in [-0.3, -0.25) is 9.13 Å². The molecule has 5 aromatic carbocycles. The lowest BCUT2D eigenvalue weighted by Gasteiger charge is -2.14. The molecule has 0 aliphatic rings. The summed E-state index contributed by atoms with van der Waals surface area (Å²) in [5.74, 6) is 2.05. The van der Waals surface area contributed by atoms with Crippen LogP contribution in [0.2, 0.25) is 0 Å². The highest BCUT2D eigenvalue weighted by atomic mass is 15.1. The molecule has 6 nitrogen and oxygen atoms in total. The van der Waals surface area contributed by atoms with Crippen molar-refractivity contribution in [3.8, 4) is 29.1 Å². The summed E-state index contributed by atoms with van der Waals surface area (Å²) in [6.07, 6.45) is 0. The van der Waals surface area contributed by atoms with Crippen molar-refractivity contribution in [2.75, 3.05) is 0 Å². The van der Waals surface area contributed by atoms with Gasteiger partial charge in [0.05, 0.1) is 40.3 Å². The lowest BCUT2D eigenvalue weighted by atomic mass is 10.1. The van der Waals surface area contributed by atoms with Crippen LogP contribution in [-0.4, -0.2) is 19.1 Å². The van der Waals surface area contributed by atoms with Crippen LogP contribution in [0, 0.1) is 17.9 Å². The normalized spacial score (nSPS) is 11.3. The first-order chi connectivity index (χ1) is 20.7. The van der Waals surface area contributed by atoms with Crippen LogP contribution < -0.4 is 0 Å². The Balaban J connectivity index is 1.50. The van der Waals surface area contributed by atoms with Gasteiger partial charge in [0.25, 0.3) is 0 Å². The number of nitrogens with zero attached hydrogens (tertiary/aromatic N) is 6. The van der Waals surface area contributed by atoms with E-state index in [0.29, 0.717) is 17.1 Å². The molecule has 6 heteroatoms. The lowest BCUT2D eigenvalue weighted by Crippen LogP contribution is -2.06. The maximum Gasteiger partial charge on any atom is 0.188 e. The van der Waals surface area contributed by atoms with E-state index >= 15 is 0 Å². The Morgan fingerprint density at radius 3 is 1.74 bits per heavy atom. The van der Waals surface area contributed by atoms with E-state index in [1.54, 1.807) is 0 Å².